The molecular weight excluding hydrogens is 429 g/mol. The zero-order chi connectivity index (χ0) is 18.4. The zero-order valence-corrected chi connectivity index (χ0v) is 16.5. The van der Waals surface area contributed by atoms with E-state index in [2.05, 4.69) is 15.9 Å². The lowest BCUT2D eigenvalue weighted by atomic mass is 10.1. The minimum atomic E-state index is -3.65. The highest BCUT2D eigenvalue weighted by molar-refractivity contribution is 9.10. The number of halogens is 2. The molecule has 3 rings (SSSR count). The average Bonchev–Trinajstić information content (AvgIpc) is 2.90. The van der Waals surface area contributed by atoms with Crippen molar-refractivity contribution in [1.82, 2.24) is 4.57 Å². The van der Waals surface area contributed by atoms with Gasteiger partial charge in [0.2, 0.25) is 0 Å². The first-order valence-corrected chi connectivity index (χ1v) is 10.7. The number of aromatic nitrogens is 1. The molecule has 4 nitrogen and oxygen atoms in total. The summed E-state index contributed by atoms with van der Waals surface area (Å²) in [7, 11) is -3.65. The van der Waals surface area contributed by atoms with Crippen molar-refractivity contribution in [2.24, 2.45) is 0 Å². The average molecular weight is 442 g/mol. The standard InChI is InChI=1S/C17H13BrFNO3S2/c1-10-7-12(4-5-13(10)18)20-15(9-24-17(20)21)11-3-6-16(14(19)8-11)25(2,22)23/h3-9H,1-2H3. The number of nitrogens with zero attached hydrogens (tertiary/aromatic N) is 1. The SMILES string of the molecule is Cc1cc(-n2c(-c3ccc(S(C)(=O)=O)c(F)c3)csc2=O)ccc1Br. The molecule has 0 bridgehead atoms. The quantitative estimate of drug-likeness (QED) is 0.612. The second kappa shape index (κ2) is 6.51. The van der Waals surface area contributed by atoms with E-state index >= 15 is 0 Å². The molecule has 0 spiro atoms. The molecule has 0 saturated carbocycles. The lowest BCUT2D eigenvalue weighted by molar-refractivity contribution is 0.571. The van der Waals surface area contributed by atoms with E-state index in [0.717, 1.165) is 33.7 Å². The lowest BCUT2D eigenvalue weighted by Crippen LogP contribution is -2.12. The minimum Gasteiger partial charge on any atom is -0.267 e. The van der Waals surface area contributed by atoms with Crippen LogP contribution in [0.5, 0.6) is 0 Å². The molecule has 1 aromatic heterocycles. The summed E-state index contributed by atoms with van der Waals surface area (Å²) < 4.78 is 39.8. The third kappa shape index (κ3) is 3.47. The summed E-state index contributed by atoms with van der Waals surface area (Å²) in [5.74, 6) is -0.836. The summed E-state index contributed by atoms with van der Waals surface area (Å²) in [4.78, 5) is 11.7. The minimum absolute atomic E-state index is 0.204. The number of hydrogen-bond acceptors (Lipinski definition) is 4. The fraction of sp³-hybridized carbons (Fsp3) is 0.118. The van der Waals surface area contributed by atoms with Gasteiger partial charge in [-0.25, -0.2) is 12.8 Å². The Morgan fingerprint density at radius 3 is 2.48 bits per heavy atom. The molecule has 3 aromatic rings. The molecule has 0 atom stereocenters. The van der Waals surface area contributed by atoms with Gasteiger partial charge in [-0.15, -0.1) is 0 Å². The molecule has 0 aliphatic carbocycles. The van der Waals surface area contributed by atoms with E-state index in [1.54, 1.807) is 11.4 Å². The van der Waals surface area contributed by atoms with Crippen molar-refractivity contribution in [3.63, 3.8) is 0 Å². The first kappa shape index (κ1) is 18.0. The largest absolute Gasteiger partial charge is 0.312 e. The number of benzene rings is 2. The molecule has 0 aliphatic heterocycles. The Labute approximate surface area is 156 Å². The highest BCUT2D eigenvalue weighted by atomic mass is 79.9. The number of rotatable bonds is 3. The maximum atomic E-state index is 14.2. The third-order valence-corrected chi connectivity index (χ3v) is 6.47. The predicted octanol–water partition coefficient (Wildman–Crippen LogP) is 4.18. The predicted molar refractivity (Wildman–Crippen MR) is 101 cm³/mol. The molecule has 0 unspecified atom stereocenters. The van der Waals surface area contributed by atoms with Crippen LogP contribution in [0.1, 0.15) is 5.56 Å². The molecule has 2 aromatic carbocycles. The van der Waals surface area contributed by atoms with Crippen LogP contribution in [0, 0.1) is 12.7 Å². The van der Waals surface area contributed by atoms with E-state index in [1.165, 1.54) is 16.7 Å². The molecule has 0 amide bonds. The summed E-state index contributed by atoms with van der Waals surface area (Å²) in [6, 6.07) is 9.34. The molecule has 0 radical (unpaired) electrons. The zero-order valence-electron chi connectivity index (χ0n) is 13.3. The molecule has 0 fully saturated rings. The first-order chi connectivity index (χ1) is 11.7. The fourth-order valence-corrected chi connectivity index (χ4v) is 4.22. The second-order valence-electron chi connectivity index (χ2n) is 5.57. The van der Waals surface area contributed by atoms with Gasteiger partial charge in [0.05, 0.1) is 11.4 Å². The van der Waals surface area contributed by atoms with Crippen molar-refractivity contribution >= 4 is 37.1 Å². The third-order valence-electron chi connectivity index (χ3n) is 3.72. The Morgan fingerprint density at radius 2 is 1.88 bits per heavy atom. The topological polar surface area (TPSA) is 56.1 Å². The fourth-order valence-electron chi connectivity index (χ4n) is 2.48. The molecule has 0 saturated heterocycles. The van der Waals surface area contributed by atoms with E-state index < -0.39 is 15.7 Å². The van der Waals surface area contributed by atoms with Crippen molar-refractivity contribution in [1.29, 1.82) is 0 Å². The van der Waals surface area contributed by atoms with Gasteiger partial charge in [0.15, 0.2) is 9.84 Å². The monoisotopic (exact) mass is 441 g/mol. The Hall–Kier alpha value is -1.77. The van der Waals surface area contributed by atoms with Crippen molar-refractivity contribution in [3.05, 3.63) is 67.3 Å². The number of hydrogen-bond donors (Lipinski definition) is 0. The Balaban J connectivity index is 2.19. The normalized spacial score (nSPS) is 11.7. The maximum Gasteiger partial charge on any atom is 0.312 e. The Bertz CT molecular complexity index is 1130. The molecule has 0 N–H and O–H groups in total. The van der Waals surface area contributed by atoms with Crippen LogP contribution in [0.2, 0.25) is 0 Å². The van der Waals surface area contributed by atoms with Gasteiger partial charge >= 0.3 is 4.87 Å². The van der Waals surface area contributed by atoms with Crippen LogP contribution in [-0.2, 0) is 9.84 Å². The second-order valence-corrected chi connectivity index (χ2v) is 9.23. The van der Waals surface area contributed by atoms with Crippen molar-refractivity contribution in [2.75, 3.05) is 6.26 Å². The highest BCUT2D eigenvalue weighted by Crippen LogP contribution is 2.28. The van der Waals surface area contributed by atoms with E-state index in [9.17, 15) is 17.6 Å². The van der Waals surface area contributed by atoms with E-state index in [1.807, 2.05) is 19.1 Å². The van der Waals surface area contributed by atoms with Gasteiger partial charge in [-0.2, -0.15) is 0 Å². The molecule has 130 valence electrons. The van der Waals surface area contributed by atoms with Gasteiger partial charge in [-0.05, 0) is 42.8 Å². The van der Waals surface area contributed by atoms with Crippen LogP contribution in [0.3, 0.4) is 0 Å². The Kier molecular flexibility index (Phi) is 4.70. The summed E-state index contributed by atoms with van der Waals surface area (Å²) >= 11 is 4.42. The van der Waals surface area contributed by atoms with Gasteiger partial charge in [0.25, 0.3) is 0 Å². The van der Waals surface area contributed by atoms with Crippen LogP contribution in [0.15, 0.2) is 55.9 Å². The van der Waals surface area contributed by atoms with Crippen LogP contribution < -0.4 is 4.87 Å². The van der Waals surface area contributed by atoms with Crippen molar-refractivity contribution in [2.45, 2.75) is 11.8 Å². The first-order valence-electron chi connectivity index (χ1n) is 7.15. The van der Waals surface area contributed by atoms with Crippen LogP contribution in [0.25, 0.3) is 16.9 Å². The van der Waals surface area contributed by atoms with Gasteiger partial charge in [0, 0.05) is 21.7 Å². The van der Waals surface area contributed by atoms with Crippen LogP contribution in [0.4, 0.5) is 4.39 Å². The number of aryl methyl sites for hydroxylation is 1. The van der Waals surface area contributed by atoms with Crippen LogP contribution >= 0.6 is 27.3 Å². The van der Waals surface area contributed by atoms with Crippen LogP contribution in [-0.4, -0.2) is 19.2 Å². The summed E-state index contributed by atoms with van der Waals surface area (Å²) in [5.41, 5.74) is 2.56. The summed E-state index contributed by atoms with van der Waals surface area (Å²) in [6.45, 7) is 1.91. The summed E-state index contributed by atoms with van der Waals surface area (Å²) in [5, 5.41) is 1.63. The smallest absolute Gasteiger partial charge is 0.267 e. The lowest BCUT2D eigenvalue weighted by Gasteiger charge is -2.10. The van der Waals surface area contributed by atoms with Gasteiger partial charge in [-0.1, -0.05) is 33.3 Å². The van der Waals surface area contributed by atoms with Crippen molar-refractivity contribution < 1.29 is 12.8 Å². The van der Waals surface area contributed by atoms with Crippen molar-refractivity contribution in [3.8, 4) is 16.9 Å². The van der Waals surface area contributed by atoms with Gasteiger partial charge in [-0.3, -0.25) is 9.36 Å². The highest BCUT2D eigenvalue weighted by Gasteiger charge is 2.17. The van der Waals surface area contributed by atoms with E-state index in [-0.39, 0.29) is 9.77 Å². The molecular formula is C17H13BrFNO3S2. The Morgan fingerprint density at radius 1 is 1.16 bits per heavy atom. The number of thiazole rings is 1. The molecule has 0 aliphatic rings. The van der Waals surface area contributed by atoms with Gasteiger partial charge < -0.3 is 0 Å². The molecule has 1 heterocycles. The maximum absolute atomic E-state index is 14.2. The molecule has 25 heavy (non-hydrogen) atoms. The van der Waals surface area contributed by atoms with E-state index in [0.29, 0.717) is 16.9 Å². The number of sulfone groups is 1. The summed E-state index contributed by atoms with van der Waals surface area (Å²) in [6.07, 6.45) is 0.955. The van der Waals surface area contributed by atoms with Gasteiger partial charge in [0.1, 0.15) is 10.7 Å². The molecule has 8 heteroatoms. The van der Waals surface area contributed by atoms with E-state index in [4.69, 9.17) is 0 Å².